The van der Waals surface area contributed by atoms with Gasteiger partial charge in [0.2, 0.25) is 0 Å². The van der Waals surface area contributed by atoms with Crippen LogP contribution in [-0.2, 0) is 18.9 Å². The first-order valence-electron chi connectivity index (χ1n) is 6.17. The molecule has 4 nitrogen and oxygen atoms in total. The van der Waals surface area contributed by atoms with Crippen LogP contribution in [0.15, 0.2) is 0 Å². The van der Waals surface area contributed by atoms with Crippen LogP contribution in [-0.4, -0.2) is 45.9 Å². The van der Waals surface area contributed by atoms with Gasteiger partial charge in [-0.05, 0) is 12.3 Å². The van der Waals surface area contributed by atoms with E-state index in [-0.39, 0.29) is 6.29 Å². The molecule has 0 amide bonds. The van der Waals surface area contributed by atoms with Crippen LogP contribution in [0.3, 0.4) is 0 Å². The van der Waals surface area contributed by atoms with E-state index in [2.05, 4.69) is 13.8 Å². The van der Waals surface area contributed by atoms with E-state index in [1.807, 2.05) is 0 Å². The molecule has 1 aliphatic rings. The first-order valence-corrected chi connectivity index (χ1v) is 6.17. The molecule has 0 atom stereocenters. The summed E-state index contributed by atoms with van der Waals surface area (Å²) in [6, 6.07) is 0. The molecule has 0 saturated carbocycles. The van der Waals surface area contributed by atoms with Gasteiger partial charge in [0.05, 0.1) is 33.0 Å². The maximum absolute atomic E-state index is 5.43. The molecule has 0 aliphatic carbocycles. The third kappa shape index (κ3) is 7.17. The Balaban J connectivity index is 1.80. The Morgan fingerprint density at radius 2 is 1.75 bits per heavy atom. The Kier molecular flexibility index (Phi) is 7.76. The lowest BCUT2D eigenvalue weighted by molar-refractivity contribution is -0.186. The number of hydrogen-bond donors (Lipinski definition) is 0. The molecule has 1 saturated heterocycles. The van der Waals surface area contributed by atoms with Crippen LogP contribution in [0, 0.1) is 5.92 Å². The second kappa shape index (κ2) is 8.93. The predicted octanol–water partition coefficient (Wildman–Crippen LogP) is 1.83. The van der Waals surface area contributed by atoms with Gasteiger partial charge in [0, 0.05) is 13.0 Å². The van der Waals surface area contributed by atoms with Crippen LogP contribution < -0.4 is 0 Å². The molecule has 4 heteroatoms. The summed E-state index contributed by atoms with van der Waals surface area (Å²) in [7, 11) is 0. The second-order valence-electron chi connectivity index (χ2n) is 4.39. The largest absolute Gasteiger partial charge is 0.379 e. The fourth-order valence-corrected chi connectivity index (χ4v) is 1.42. The number of hydrogen-bond acceptors (Lipinski definition) is 4. The maximum atomic E-state index is 5.43. The molecule has 0 aromatic rings. The van der Waals surface area contributed by atoms with Gasteiger partial charge in [-0.1, -0.05) is 13.8 Å². The first-order chi connectivity index (χ1) is 7.79. The fourth-order valence-electron chi connectivity index (χ4n) is 1.42. The van der Waals surface area contributed by atoms with Crippen molar-refractivity contribution in [2.45, 2.75) is 33.0 Å². The lowest BCUT2D eigenvalue weighted by Crippen LogP contribution is -2.26. The van der Waals surface area contributed by atoms with Crippen molar-refractivity contribution in [1.82, 2.24) is 0 Å². The Bertz CT molecular complexity index is 155. The molecule has 0 bridgehead atoms. The van der Waals surface area contributed by atoms with Crippen LogP contribution in [0.1, 0.15) is 26.7 Å². The third-order valence-electron chi connectivity index (χ3n) is 2.22. The number of ether oxygens (including phenoxy) is 4. The van der Waals surface area contributed by atoms with Crippen molar-refractivity contribution in [1.29, 1.82) is 0 Å². The summed E-state index contributed by atoms with van der Waals surface area (Å²) in [5.74, 6) is 0.587. The van der Waals surface area contributed by atoms with E-state index in [0.29, 0.717) is 25.7 Å². The van der Waals surface area contributed by atoms with E-state index in [4.69, 9.17) is 18.9 Å². The molecule has 0 aromatic heterocycles. The number of rotatable bonds is 8. The summed E-state index contributed by atoms with van der Waals surface area (Å²) < 4.78 is 21.6. The van der Waals surface area contributed by atoms with Gasteiger partial charge in [0.25, 0.3) is 0 Å². The highest BCUT2D eigenvalue weighted by Crippen LogP contribution is 2.08. The van der Waals surface area contributed by atoms with E-state index >= 15 is 0 Å². The van der Waals surface area contributed by atoms with Crippen molar-refractivity contribution in [3.8, 4) is 0 Å². The van der Waals surface area contributed by atoms with Gasteiger partial charge in [-0.2, -0.15) is 0 Å². The van der Waals surface area contributed by atoms with E-state index < -0.39 is 0 Å². The van der Waals surface area contributed by atoms with Gasteiger partial charge in [0.15, 0.2) is 6.29 Å². The Morgan fingerprint density at radius 1 is 1.06 bits per heavy atom. The minimum absolute atomic E-state index is 0.0645. The van der Waals surface area contributed by atoms with Gasteiger partial charge in [-0.3, -0.25) is 0 Å². The molecule has 1 aliphatic heterocycles. The monoisotopic (exact) mass is 232 g/mol. The zero-order valence-corrected chi connectivity index (χ0v) is 10.4. The summed E-state index contributed by atoms with van der Waals surface area (Å²) in [4.78, 5) is 0. The standard InChI is InChI=1S/C12H24O4/c1-11(2)10-14-9-8-13-7-4-12-15-5-3-6-16-12/h11-12H,3-10H2,1-2H3. The smallest absolute Gasteiger partial charge is 0.159 e. The van der Waals surface area contributed by atoms with Gasteiger partial charge in [0.1, 0.15) is 0 Å². The molecule has 16 heavy (non-hydrogen) atoms. The molecule has 1 rings (SSSR count). The first kappa shape index (κ1) is 13.9. The SMILES string of the molecule is CC(C)COCCOCCC1OCCCO1. The molecule has 1 heterocycles. The van der Waals surface area contributed by atoms with Crippen molar-refractivity contribution in [2.24, 2.45) is 5.92 Å². The van der Waals surface area contributed by atoms with Gasteiger partial charge in [-0.15, -0.1) is 0 Å². The highest BCUT2D eigenvalue weighted by Gasteiger charge is 2.13. The average molecular weight is 232 g/mol. The molecule has 0 N–H and O–H groups in total. The van der Waals surface area contributed by atoms with Crippen LogP contribution in [0.2, 0.25) is 0 Å². The highest BCUT2D eigenvalue weighted by atomic mass is 16.7. The minimum Gasteiger partial charge on any atom is -0.379 e. The van der Waals surface area contributed by atoms with Crippen molar-refractivity contribution in [3.05, 3.63) is 0 Å². The lowest BCUT2D eigenvalue weighted by atomic mass is 10.2. The average Bonchev–Trinajstić information content (AvgIpc) is 2.29. The second-order valence-corrected chi connectivity index (χ2v) is 4.39. The molecule has 0 spiro atoms. The van der Waals surface area contributed by atoms with E-state index in [0.717, 1.165) is 32.7 Å². The highest BCUT2D eigenvalue weighted by molar-refractivity contribution is 4.51. The quantitative estimate of drug-likeness (QED) is 0.598. The van der Waals surface area contributed by atoms with E-state index in [1.165, 1.54) is 0 Å². The van der Waals surface area contributed by atoms with Crippen LogP contribution in [0.4, 0.5) is 0 Å². The summed E-state index contributed by atoms with van der Waals surface area (Å²) in [5.41, 5.74) is 0. The van der Waals surface area contributed by atoms with Gasteiger partial charge < -0.3 is 18.9 Å². The fraction of sp³-hybridized carbons (Fsp3) is 1.00. The normalized spacial score (nSPS) is 18.2. The molecule has 0 unspecified atom stereocenters. The Hall–Kier alpha value is -0.160. The van der Waals surface area contributed by atoms with Gasteiger partial charge in [-0.25, -0.2) is 0 Å². The van der Waals surface area contributed by atoms with E-state index in [1.54, 1.807) is 0 Å². The summed E-state index contributed by atoms with van der Waals surface area (Å²) in [5, 5.41) is 0. The summed E-state index contributed by atoms with van der Waals surface area (Å²) in [6.07, 6.45) is 1.75. The molecule has 0 radical (unpaired) electrons. The molecule has 1 fully saturated rings. The van der Waals surface area contributed by atoms with Crippen molar-refractivity contribution in [2.75, 3.05) is 39.6 Å². The van der Waals surface area contributed by atoms with Crippen LogP contribution in [0.5, 0.6) is 0 Å². The Morgan fingerprint density at radius 3 is 2.44 bits per heavy atom. The molecular weight excluding hydrogens is 208 g/mol. The lowest BCUT2D eigenvalue weighted by Gasteiger charge is -2.22. The van der Waals surface area contributed by atoms with E-state index in [9.17, 15) is 0 Å². The Labute approximate surface area is 98.2 Å². The summed E-state index contributed by atoms with van der Waals surface area (Å²) in [6.45, 7) is 8.69. The maximum Gasteiger partial charge on any atom is 0.159 e. The molecule has 96 valence electrons. The minimum atomic E-state index is -0.0645. The van der Waals surface area contributed by atoms with Crippen molar-refractivity contribution in [3.63, 3.8) is 0 Å². The van der Waals surface area contributed by atoms with Crippen molar-refractivity contribution >= 4 is 0 Å². The zero-order valence-electron chi connectivity index (χ0n) is 10.4. The third-order valence-corrected chi connectivity index (χ3v) is 2.22. The topological polar surface area (TPSA) is 36.9 Å². The van der Waals surface area contributed by atoms with Crippen LogP contribution >= 0.6 is 0 Å². The van der Waals surface area contributed by atoms with Crippen molar-refractivity contribution < 1.29 is 18.9 Å². The predicted molar refractivity (Wildman–Crippen MR) is 61.4 cm³/mol. The molecule has 0 aromatic carbocycles. The van der Waals surface area contributed by atoms with Crippen LogP contribution in [0.25, 0.3) is 0 Å². The van der Waals surface area contributed by atoms with Gasteiger partial charge >= 0.3 is 0 Å². The molecular formula is C12H24O4. The zero-order chi connectivity index (χ0) is 11.6. The summed E-state index contributed by atoms with van der Waals surface area (Å²) >= 11 is 0.